The number of methoxy groups -OCH3 is 1. The molecule has 0 aromatic heterocycles. The molecule has 0 saturated heterocycles. The summed E-state index contributed by atoms with van der Waals surface area (Å²) in [6.45, 7) is 33.1. The Kier molecular flexibility index (Phi) is 9.29. The SMILES string of the molecule is COc1c(C(C)(C)C)cc(C2CCCC3C2CCC3[Si](C)(C)[Si](C)(C)C2CCC(CC(C)(C)C)C2)cc1C(C)(C)C. The highest BCUT2D eigenvalue weighted by molar-refractivity contribution is 7.41. The number of benzene rings is 1. The highest BCUT2D eigenvalue weighted by Crippen LogP contribution is 2.61. The smallest absolute Gasteiger partial charge is 0.126 e. The number of hydrogen-bond donors (Lipinski definition) is 0. The van der Waals surface area contributed by atoms with E-state index in [0.29, 0.717) is 5.41 Å². The van der Waals surface area contributed by atoms with Crippen molar-refractivity contribution in [3.63, 3.8) is 0 Å². The van der Waals surface area contributed by atoms with Crippen molar-refractivity contribution >= 4 is 15.2 Å². The van der Waals surface area contributed by atoms with E-state index in [0.717, 1.165) is 40.5 Å². The van der Waals surface area contributed by atoms with Crippen molar-refractivity contribution in [3.8, 4) is 5.75 Å². The Morgan fingerprint density at radius 1 is 0.707 bits per heavy atom. The topological polar surface area (TPSA) is 9.23 Å². The Morgan fingerprint density at radius 3 is 1.80 bits per heavy atom. The van der Waals surface area contributed by atoms with Crippen LogP contribution >= 0.6 is 0 Å². The molecule has 3 saturated carbocycles. The first-order valence-electron chi connectivity index (χ1n) is 17.4. The van der Waals surface area contributed by atoms with E-state index in [1.165, 1.54) is 62.5 Å². The van der Waals surface area contributed by atoms with Gasteiger partial charge in [0, 0.05) is 26.3 Å². The summed E-state index contributed by atoms with van der Waals surface area (Å²) in [7, 11) is -0.802. The second-order valence-corrected chi connectivity index (χ2v) is 35.5. The molecule has 234 valence electrons. The maximum absolute atomic E-state index is 6.15. The largest absolute Gasteiger partial charge is 0.496 e. The summed E-state index contributed by atoms with van der Waals surface area (Å²) < 4.78 is 6.15. The lowest BCUT2D eigenvalue weighted by Crippen LogP contribution is -2.61. The van der Waals surface area contributed by atoms with Gasteiger partial charge in [-0.1, -0.05) is 139 Å². The van der Waals surface area contributed by atoms with E-state index in [-0.39, 0.29) is 10.8 Å². The van der Waals surface area contributed by atoms with Gasteiger partial charge in [-0.3, -0.25) is 0 Å². The van der Waals surface area contributed by atoms with Crippen molar-refractivity contribution < 1.29 is 4.74 Å². The molecule has 6 unspecified atom stereocenters. The molecule has 3 fully saturated rings. The molecular weight excluding hydrogens is 529 g/mol. The van der Waals surface area contributed by atoms with Crippen LogP contribution in [0.3, 0.4) is 0 Å². The second kappa shape index (κ2) is 11.4. The van der Waals surface area contributed by atoms with Crippen LogP contribution in [0.15, 0.2) is 12.1 Å². The molecule has 1 nitrogen and oxygen atoms in total. The highest BCUT2D eigenvalue weighted by Gasteiger charge is 2.57. The van der Waals surface area contributed by atoms with Crippen molar-refractivity contribution in [3.05, 3.63) is 28.8 Å². The van der Waals surface area contributed by atoms with E-state index in [1.54, 1.807) is 12.0 Å². The molecule has 0 N–H and O–H groups in total. The normalized spacial score (nSPS) is 30.0. The van der Waals surface area contributed by atoms with E-state index in [2.05, 4.69) is 101 Å². The van der Waals surface area contributed by atoms with Gasteiger partial charge in [0.25, 0.3) is 0 Å². The van der Waals surface area contributed by atoms with Crippen LogP contribution in [0.1, 0.15) is 143 Å². The first-order chi connectivity index (χ1) is 18.7. The van der Waals surface area contributed by atoms with Crippen LogP contribution in [0.4, 0.5) is 0 Å². The van der Waals surface area contributed by atoms with Gasteiger partial charge in [0.2, 0.25) is 0 Å². The zero-order valence-electron chi connectivity index (χ0n) is 29.9. The van der Waals surface area contributed by atoms with Gasteiger partial charge < -0.3 is 4.74 Å². The van der Waals surface area contributed by atoms with Crippen LogP contribution in [-0.2, 0) is 10.8 Å². The van der Waals surface area contributed by atoms with Gasteiger partial charge >= 0.3 is 0 Å². The summed E-state index contributed by atoms with van der Waals surface area (Å²) in [6.07, 6.45) is 13.3. The van der Waals surface area contributed by atoms with E-state index in [4.69, 9.17) is 4.74 Å². The van der Waals surface area contributed by atoms with Gasteiger partial charge in [-0.05, 0) is 75.8 Å². The Bertz CT molecular complexity index is 1030. The van der Waals surface area contributed by atoms with Gasteiger partial charge in [0.15, 0.2) is 0 Å². The molecule has 1 aromatic rings. The minimum atomic E-state index is -1.37. The third-order valence-electron chi connectivity index (χ3n) is 12.9. The van der Waals surface area contributed by atoms with Crippen molar-refractivity contribution in [2.45, 2.75) is 174 Å². The van der Waals surface area contributed by atoms with Crippen molar-refractivity contribution in [2.24, 2.45) is 23.2 Å². The van der Waals surface area contributed by atoms with E-state index >= 15 is 0 Å². The number of hydrogen-bond acceptors (Lipinski definition) is 1. The van der Waals surface area contributed by atoms with Gasteiger partial charge in [-0.2, -0.15) is 0 Å². The molecule has 0 radical (unpaired) electrons. The molecule has 1 aromatic carbocycles. The Hall–Kier alpha value is -0.546. The van der Waals surface area contributed by atoms with Crippen molar-refractivity contribution in [2.75, 3.05) is 7.11 Å². The number of rotatable bonds is 6. The zero-order chi connectivity index (χ0) is 30.8. The third kappa shape index (κ3) is 6.62. The van der Waals surface area contributed by atoms with E-state index in [9.17, 15) is 0 Å². The minimum absolute atomic E-state index is 0.0737. The predicted molar refractivity (Wildman–Crippen MR) is 187 cm³/mol. The Labute approximate surface area is 258 Å². The van der Waals surface area contributed by atoms with Gasteiger partial charge in [-0.15, -0.1) is 0 Å². The summed E-state index contributed by atoms with van der Waals surface area (Å²) in [5.41, 5.74) is 7.19. The Morgan fingerprint density at radius 2 is 1.29 bits per heavy atom. The molecule has 0 spiro atoms. The summed E-state index contributed by atoms with van der Waals surface area (Å²) in [5.74, 6) is 4.69. The summed E-state index contributed by atoms with van der Waals surface area (Å²) in [5, 5.41) is 0. The maximum Gasteiger partial charge on any atom is 0.126 e. The summed E-state index contributed by atoms with van der Waals surface area (Å²) in [6, 6.07) is 5.17. The fraction of sp³-hybridized carbons (Fsp3) is 0.842. The molecular formula is C38H68OSi2. The molecule has 0 amide bonds. The van der Waals surface area contributed by atoms with Crippen LogP contribution in [0, 0.1) is 23.2 Å². The van der Waals surface area contributed by atoms with Crippen LogP contribution in [0.5, 0.6) is 5.75 Å². The molecule has 6 atom stereocenters. The molecule has 3 aliphatic rings. The van der Waals surface area contributed by atoms with Crippen LogP contribution in [0.25, 0.3) is 0 Å². The monoisotopic (exact) mass is 596 g/mol. The van der Waals surface area contributed by atoms with Crippen molar-refractivity contribution in [1.29, 1.82) is 0 Å². The minimum Gasteiger partial charge on any atom is -0.496 e. The lowest BCUT2D eigenvalue weighted by molar-refractivity contribution is 0.236. The molecule has 41 heavy (non-hydrogen) atoms. The fourth-order valence-corrected chi connectivity index (χ4v) is 24.2. The van der Waals surface area contributed by atoms with Crippen LogP contribution in [-0.4, -0.2) is 22.3 Å². The lowest BCUT2D eigenvalue weighted by Gasteiger charge is -2.50. The van der Waals surface area contributed by atoms with Gasteiger partial charge in [0.1, 0.15) is 5.75 Å². The third-order valence-corrected chi connectivity index (χ3v) is 33.6. The summed E-state index contributed by atoms with van der Waals surface area (Å²) in [4.78, 5) is 0. The van der Waals surface area contributed by atoms with Gasteiger partial charge in [-0.25, -0.2) is 0 Å². The first kappa shape index (κ1) is 33.3. The lowest BCUT2D eigenvalue weighted by atomic mass is 9.68. The predicted octanol–water partition coefficient (Wildman–Crippen LogP) is 12.1. The maximum atomic E-state index is 6.15. The highest BCUT2D eigenvalue weighted by atomic mass is 29.3. The summed E-state index contributed by atoms with van der Waals surface area (Å²) >= 11 is 0. The molecule has 0 heterocycles. The second-order valence-electron chi connectivity index (χ2n) is 19.3. The Balaban J connectivity index is 1.63. The molecule has 3 aliphatic carbocycles. The van der Waals surface area contributed by atoms with Crippen LogP contribution in [0.2, 0.25) is 37.3 Å². The average molecular weight is 597 g/mol. The zero-order valence-corrected chi connectivity index (χ0v) is 31.9. The van der Waals surface area contributed by atoms with E-state index < -0.39 is 15.2 Å². The molecule has 4 rings (SSSR count). The molecule has 3 heteroatoms. The standard InChI is InChI=1S/C38H68OSi2/c1-36(2,3)25-26-18-19-28(22-26)40(11,12)41(13,14)34-21-20-30-29(16-15-17-31(30)34)27-23-32(37(4,5)6)35(39-10)33(24-27)38(7,8)9/h23-24,26,28-31,34H,15-22,25H2,1-14H3. The van der Waals surface area contributed by atoms with Crippen LogP contribution < -0.4 is 4.74 Å². The fourth-order valence-electron chi connectivity index (χ4n) is 10.1. The quantitative estimate of drug-likeness (QED) is 0.297. The number of ether oxygens (including phenoxy) is 1. The number of fused-ring (bicyclic) bond motifs is 1. The molecule has 0 aliphatic heterocycles. The van der Waals surface area contributed by atoms with E-state index in [1.807, 2.05) is 7.11 Å². The first-order valence-corrected chi connectivity index (χ1v) is 24.6. The molecule has 0 bridgehead atoms. The van der Waals surface area contributed by atoms with Crippen molar-refractivity contribution in [1.82, 2.24) is 0 Å². The van der Waals surface area contributed by atoms with Gasteiger partial charge in [0.05, 0.1) is 7.11 Å². The average Bonchev–Trinajstić information content (AvgIpc) is 3.48.